The first-order valence-corrected chi connectivity index (χ1v) is 8.15. The quantitative estimate of drug-likeness (QED) is 0.893. The van der Waals surface area contributed by atoms with Gasteiger partial charge in [-0.05, 0) is 45.1 Å². The highest BCUT2D eigenvalue weighted by atomic mass is 79.9. The number of benzene rings is 1. The first-order chi connectivity index (χ1) is 9.94. The summed E-state index contributed by atoms with van der Waals surface area (Å²) in [7, 11) is 4.11. The fourth-order valence-electron chi connectivity index (χ4n) is 3.00. The lowest BCUT2D eigenvalue weighted by Crippen LogP contribution is -2.53. The molecule has 2 rings (SSSR count). The van der Waals surface area contributed by atoms with Crippen molar-refractivity contribution in [3.05, 3.63) is 34.1 Å². The highest BCUT2D eigenvalue weighted by molar-refractivity contribution is 9.10. The highest BCUT2D eigenvalue weighted by Crippen LogP contribution is 2.31. The summed E-state index contributed by atoms with van der Waals surface area (Å²) in [5.74, 6) is -0.834. The summed E-state index contributed by atoms with van der Waals surface area (Å²) in [6.07, 6.45) is 5.75. The van der Waals surface area contributed by atoms with E-state index < -0.39 is 5.82 Å². The van der Waals surface area contributed by atoms with Crippen molar-refractivity contribution in [2.24, 2.45) is 0 Å². The van der Waals surface area contributed by atoms with Crippen LogP contribution in [0.25, 0.3) is 0 Å². The maximum absolute atomic E-state index is 13.7. The van der Waals surface area contributed by atoms with Crippen LogP contribution in [0.15, 0.2) is 22.7 Å². The van der Waals surface area contributed by atoms with E-state index in [0.29, 0.717) is 11.0 Å². The van der Waals surface area contributed by atoms with Crippen LogP contribution in [0.2, 0.25) is 0 Å². The smallest absolute Gasteiger partial charge is 0.254 e. The predicted octanol–water partition coefficient (Wildman–Crippen LogP) is 3.58. The molecule has 0 atom stereocenters. The summed E-state index contributed by atoms with van der Waals surface area (Å²) in [5.41, 5.74) is 0.0882. The molecule has 0 radical (unpaired) electrons. The van der Waals surface area contributed by atoms with Crippen molar-refractivity contribution >= 4 is 21.8 Å². The normalized spacial score (nSPS) is 17.8. The molecule has 0 unspecified atom stereocenters. The summed E-state index contributed by atoms with van der Waals surface area (Å²) in [6.45, 7) is 0.560. The molecular formula is C16H22BrFN2O. The van der Waals surface area contributed by atoms with Crippen LogP contribution in [0.3, 0.4) is 0 Å². The molecule has 0 aliphatic heterocycles. The topological polar surface area (TPSA) is 32.3 Å². The van der Waals surface area contributed by atoms with E-state index in [1.54, 1.807) is 6.07 Å². The van der Waals surface area contributed by atoms with Crippen LogP contribution >= 0.6 is 15.9 Å². The number of amides is 1. The zero-order chi connectivity index (χ0) is 15.5. The minimum absolute atomic E-state index is 0.00357. The lowest BCUT2D eigenvalue weighted by Gasteiger charge is -2.43. The SMILES string of the molecule is CN(C)C1(CNC(=O)c2cc(Br)ccc2F)CCCCC1. The van der Waals surface area contributed by atoms with Crippen LogP contribution in [-0.4, -0.2) is 37.0 Å². The average molecular weight is 357 g/mol. The Bertz CT molecular complexity index is 513. The maximum atomic E-state index is 13.7. The average Bonchev–Trinajstić information content (AvgIpc) is 2.48. The molecule has 5 heteroatoms. The van der Waals surface area contributed by atoms with Crippen LogP contribution in [0.5, 0.6) is 0 Å². The van der Waals surface area contributed by atoms with E-state index in [1.165, 1.54) is 31.4 Å². The lowest BCUT2D eigenvalue weighted by molar-refractivity contribution is 0.0796. The molecule has 21 heavy (non-hydrogen) atoms. The van der Waals surface area contributed by atoms with Crippen LogP contribution in [0.1, 0.15) is 42.5 Å². The van der Waals surface area contributed by atoms with Crippen molar-refractivity contribution in [3.63, 3.8) is 0 Å². The Morgan fingerprint density at radius 3 is 2.62 bits per heavy atom. The minimum atomic E-state index is -0.488. The van der Waals surface area contributed by atoms with Gasteiger partial charge in [-0.2, -0.15) is 0 Å². The number of halogens is 2. The molecule has 1 aromatic carbocycles. The van der Waals surface area contributed by atoms with E-state index in [9.17, 15) is 9.18 Å². The van der Waals surface area contributed by atoms with Gasteiger partial charge in [0.1, 0.15) is 5.82 Å². The Kier molecular flexibility index (Phi) is 5.38. The molecule has 0 saturated heterocycles. The van der Waals surface area contributed by atoms with E-state index in [-0.39, 0.29) is 17.0 Å². The zero-order valence-corrected chi connectivity index (χ0v) is 14.2. The fourth-order valence-corrected chi connectivity index (χ4v) is 3.36. The second kappa shape index (κ2) is 6.88. The molecular weight excluding hydrogens is 335 g/mol. The Morgan fingerprint density at radius 2 is 2.00 bits per heavy atom. The van der Waals surface area contributed by atoms with Gasteiger partial charge in [-0.25, -0.2) is 4.39 Å². The summed E-state index contributed by atoms with van der Waals surface area (Å²) in [5, 5.41) is 2.92. The molecule has 1 aliphatic rings. The molecule has 1 saturated carbocycles. The second-order valence-electron chi connectivity index (χ2n) is 5.99. The van der Waals surface area contributed by atoms with Crippen LogP contribution < -0.4 is 5.32 Å². The van der Waals surface area contributed by atoms with Gasteiger partial charge >= 0.3 is 0 Å². The van der Waals surface area contributed by atoms with E-state index in [4.69, 9.17) is 0 Å². The zero-order valence-electron chi connectivity index (χ0n) is 12.6. The van der Waals surface area contributed by atoms with Gasteiger partial charge in [-0.15, -0.1) is 0 Å². The summed E-state index contributed by atoms with van der Waals surface area (Å²) in [6, 6.07) is 4.42. The van der Waals surface area contributed by atoms with Gasteiger partial charge < -0.3 is 10.2 Å². The van der Waals surface area contributed by atoms with Gasteiger partial charge in [0.25, 0.3) is 5.91 Å². The van der Waals surface area contributed by atoms with Gasteiger partial charge in [0.2, 0.25) is 0 Å². The highest BCUT2D eigenvalue weighted by Gasteiger charge is 2.34. The predicted molar refractivity (Wildman–Crippen MR) is 85.9 cm³/mol. The summed E-state index contributed by atoms with van der Waals surface area (Å²) >= 11 is 3.27. The first-order valence-electron chi connectivity index (χ1n) is 7.35. The van der Waals surface area contributed by atoms with Gasteiger partial charge in [0.05, 0.1) is 5.56 Å². The van der Waals surface area contributed by atoms with Crippen molar-refractivity contribution in [1.29, 1.82) is 0 Å². The van der Waals surface area contributed by atoms with Crippen molar-refractivity contribution in [2.75, 3.05) is 20.6 Å². The van der Waals surface area contributed by atoms with Crippen LogP contribution in [0.4, 0.5) is 4.39 Å². The van der Waals surface area contributed by atoms with Gasteiger partial charge in [-0.3, -0.25) is 4.79 Å². The van der Waals surface area contributed by atoms with E-state index in [1.807, 2.05) is 0 Å². The number of hydrogen-bond acceptors (Lipinski definition) is 2. The van der Waals surface area contributed by atoms with E-state index in [0.717, 1.165) is 12.8 Å². The molecule has 1 aliphatic carbocycles. The number of likely N-dealkylation sites (N-methyl/N-ethyl adjacent to an activating group) is 1. The van der Waals surface area contributed by atoms with Crippen LogP contribution in [0, 0.1) is 5.82 Å². The molecule has 0 aromatic heterocycles. The number of carbonyl (C=O) groups excluding carboxylic acids is 1. The monoisotopic (exact) mass is 356 g/mol. The Hall–Kier alpha value is -0.940. The number of nitrogens with zero attached hydrogens (tertiary/aromatic N) is 1. The van der Waals surface area contributed by atoms with Crippen molar-refractivity contribution < 1.29 is 9.18 Å². The number of hydrogen-bond donors (Lipinski definition) is 1. The van der Waals surface area contributed by atoms with Gasteiger partial charge in [0.15, 0.2) is 0 Å². The number of carbonyl (C=O) groups is 1. The Balaban J connectivity index is 2.07. The standard InChI is InChI=1S/C16H22BrFN2O/c1-20(2)16(8-4-3-5-9-16)11-19-15(21)13-10-12(17)6-7-14(13)18/h6-7,10H,3-5,8-9,11H2,1-2H3,(H,19,21). The minimum Gasteiger partial charge on any atom is -0.350 e. The number of rotatable bonds is 4. The van der Waals surface area contributed by atoms with E-state index >= 15 is 0 Å². The third kappa shape index (κ3) is 3.83. The first kappa shape index (κ1) is 16.4. The summed E-state index contributed by atoms with van der Waals surface area (Å²) < 4.78 is 14.5. The molecule has 1 N–H and O–H groups in total. The van der Waals surface area contributed by atoms with Crippen molar-refractivity contribution in [2.45, 2.75) is 37.6 Å². The molecule has 0 heterocycles. The molecule has 116 valence electrons. The Morgan fingerprint density at radius 1 is 1.33 bits per heavy atom. The number of nitrogens with one attached hydrogen (secondary N) is 1. The molecule has 1 amide bonds. The van der Waals surface area contributed by atoms with Crippen LogP contribution in [-0.2, 0) is 0 Å². The summed E-state index contributed by atoms with van der Waals surface area (Å²) in [4.78, 5) is 14.4. The van der Waals surface area contributed by atoms with Gasteiger partial charge in [-0.1, -0.05) is 35.2 Å². The third-order valence-electron chi connectivity index (χ3n) is 4.48. The molecule has 1 fully saturated rings. The van der Waals surface area contributed by atoms with Crippen molar-refractivity contribution in [1.82, 2.24) is 10.2 Å². The van der Waals surface area contributed by atoms with E-state index in [2.05, 4.69) is 40.2 Å². The maximum Gasteiger partial charge on any atom is 0.254 e. The lowest BCUT2D eigenvalue weighted by atomic mass is 9.80. The molecule has 1 aromatic rings. The third-order valence-corrected chi connectivity index (χ3v) is 4.98. The second-order valence-corrected chi connectivity index (χ2v) is 6.90. The molecule has 0 bridgehead atoms. The van der Waals surface area contributed by atoms with Gasteiger partial charge in [0, 0.05) is 16.6 Å². The molecule has 3 nitrogen and oxygen atoms in total. The molecule has 0 spiro atoms. The fraction of sp³-hybridized carbons (Fsp3) is 0.562. The Labute approximate surface area is 134 Å². The largest absolute Gasteiger partial charge is 0.350 e. The van der Waals surface area contributed by atoms with Crippen molar-refractivity contribution in [3.8, 4) is 0 Å².